The lowest BCUT2D eigenvalue weighted by atomic mass is 10.0. The van der Waals surface area contributed by atoms with Crippen LogP contribution in [0.15, 0.2) is 59.4 Å². The minimum atomic E-state index is -0.434. The molecule has 0 spiro atoms. The van der Waals surface area contributed by atoms with Crippen molar-refractivity contribution in [2.75, 3.05) is 12.4 Å². The second-order valence-corrected chi connectivity index (χ2v) is 7.66. The van der Waals surface area contributed by atoms with Crippen LogP contribution in [0.1, 0.15) is 28.9 Å². The normalized spacial score (nSPS) is 15.3. The number of aryl methyl sites for hydroxylation is 1. The number of H-pyrrole nitrogens is 1. The Morgan fingerprint density at radius 2 is 1.97 bits per heavy atom. The fourth-order valence-corrected chi connectivity index (χ4v) is 3.73. The van der Waals surface area contributed by atoms with Crippen LogP contribution in [0, 0.1) is 6.92 Å². The minimum Gasteiger partial charge on any atom is -0.497 e. The van der Waals surface area contributed by atoms with Gasteiger partial charge in [0.25, 0.3) is 0 Å². The van der Waals surface area contributed by atoms with Gasteiger partial charge in [0.15, 0.2) is 0 Å². The molecule has 0 radical (unpaired) electrons. The first-order chi connectivity index (χ1) is 15.6. The van der Waals surface area contributed by atoms with Gasteiger partial charge < -0.3 is 24.5 Å². The number of rotatable bonds is 4. The first kappa shape index (κ1) is 19.8. The van der Waals surface area contributed by atoms with Crippen molar-refractivity contribution in [1.82, 2.24) is 25.0 Å². The summed E-state index contributed by atoms with van der Waals surface area (Å²) in [5.74, 6) is 1.56. The molecule has 162 valence electrons. The number of anilines is 1. The molecule has 0 aliphatic carbocycles. The molecule has 2 N–H and O–H groups in total. The molecule has 3 heterocycles. The quantitative estimate of drug-likeness (QED) is 0.504. The van der Waals surface area contributed by atoms with Crippen molar-refractivity contribution in [3.05, 3.63) is 77.7 Å². The SMILES string of the molecule is COc1ccc(-c2noc([C@@H]3Cc4nc[nH]c4CN3C(=O)Nc3ccc(C)cc3)n2)cc1. The molecule has 1 aliphatic heterocycles. The van der Waals surface area contributed by atoms with Crippen LogP contribution in [-0.2, 0) is 13.0 Å². The van der Waals surface area contributed by atoms with Crippen molar-refractivity contribution in [2.24, 2.45) is 0 Å². The van der Waals surface area contributed by atoms with Gasteiger partial charge in [-0.3, -0.25) is 0 Å². The van der Waals surface area contributed by atoms with Gasteiger partial charge in [-0.25, -0.2) is 9.78 Å². The molecule has 5 rings (SSSR count). The lowest BCUT2D eigenvalue weighted by molar-refractivity contribution is 0.155. The standard InChI is InChI=1S/C23H22N6O3/c1-14-3-7-16(8-4-14)26-23(30)29-12-19-18(24-13-25-19)11-20(29)22-27-21(28-32-22)15-5-9-17(31-2)10-6-15/h3-10,13,20H,11-12H2,1-2H3,(H,24,25)(H,26,30)/t20-/m0/s1. The molecule has 2 amide bonds. The van der Waals surface area contributed by atoms with Crippen LogP contribution in [0.25, 0.3) is 11.4 Å². The summed E-state index contributed by atoms with van der Waals surface area (Å²) in [6, 6.07) is 14.4. The number of fused-ring (bicyclic) bond motifs is 1. The Balaban J connectivity index is 1.43. The zero-order chi connectivity index (χ0) is 22.1. The zero-order valence-electron chi connectivity index (χ0n) is 17.7. The van der Waals surface area contributed by atoms with Gasteiger partial charge in [0.1, 0.15) is 11.8 Å². The number of nitrogens with one attached hydrogen (secondary N) is 2. The van der Waals surface area contributed by atoms with E-state index in [0.717, 1.165) is 34.0 Å². The van der Waals surface area contributed by atoms with Gasteiger partial charge in [-0.05, 0) is 43.3 Å². The number of ether oxygens (including phenoxy) is 1. The summed E-state index contributed by atoms with van der Waals surface area (Å²) < 4.78 is 10.8. The molecule has 0 fully saturated rings. The molecule has 0 bridgehead atoms. The number of carbonyl (C=O) groups is 1. The van der Waals surface area contributed by atoms with E-state index in [4.69, 9.17) is 9.26 Å². The molecule has 32 heavy (non-hydrogen) atoms. The largest absolute Gasteiger partial charge is 0.497 e. The number of carbonyl (C=O) groups excluding carboxylic acids is 1. The van der Waals surface area contributed by atoms with Gasteiger partial charge in [-0.1, -0.05) is 22.9 Å². The van der Waals surface area contributed by atoms with Crippen LogP contribution in [0.3, 0.4) is 0 Å². The molecule has 2 aromatic carbocycles. The highest BCUT2D eigenvalue weighted by Gasteiger charge is 2.36. The van der Waals surface area contributed by atoms with E-state index in [1.54, 1.807) is 18.3 Å². The summed E-state index contributed by atoms with van der Waals surface area (Å²) in [6.45, 7) is 2.36. The molecule has 0 saturated carbocycles. The zero-order valence-corrected chi connectivity index (χ0v) is 17.7. The maximum Gasteiger partial charge on any atom is 0.322 e. The van der Waals surface area contributed by atoms with Crippen molar-refractivity contribution < 1.29 is 14.1 Å². The molecular weight excluding hydrogens is 408 g/mol. The van der Waals surface area contributed by atoms with Crippen molar-refractivity contribution in [1.29, 1.82) is 0 Å². The summed E-state index contributed by atoms with van der Waals surface area (Å²) in [5, 5.41) is 7.10. The number of amides is 2. The van der Waals surface area contributed by atoms with E-state index in [1.807, 2.05) is 55.5 Å². The van der Waals surface area contributed by atoms with Crippen molar-refractivity contribution in [2.45, 2.75) is 25.9 Å². The summed E-state index contributed by atoms with van der Waals surface area (Å²) in [7, 11) is 1.62. The van der Waals surface area contributed by atoms with Crippen molar-refractivity contribution in [3.8, 4) is 17.1 Å². The van der Waals surface area contributed by atoms with Crippen LogP contribution in [0.5, 0.6) is 5.75 Å². The third-order valence-electron chi connectivity index (χ3n) is 5.54. The lowest BCUT2D eigenvalue weighted by Crippen LogP contribution is -2.41. The predicted octanol–water partition coefficient (Wildman–Crippen LogP) is 4.11. The minimum absolute atomic E-state index is 0.247. The van der Waals surface area contributed by atoms with Gasteiger partial charge in [0.05, 0.1) is 31.4 Å². The van der Waals surface area contributed by atoms with Gasteiger partial charge in [-0.2, -0.15) is 4.98 Å². The van der Waals surface area contributed by atoms with Crippen molar-refractivity contribution in [3.63, 3.8) is 0 Å². The van der Waals surface area contributed by atoms with E-state index in [0.29, 0.717) is 24.7 Å². The van der Waals surface area contributed by atoms with Crippen LogP contribution in [0.4, 0.5) is 10.5 Å². The number of aromatic amines is 1. The molecule has 9 nitrogen and oxygen atoms in total. The van der Waals surface area contributed by atoms with E-state index in [-0.39, 0.29) is 6.03 Å². The Labute approximate surface area is 184 Å². The Kier molecular flexibility index (Phi) is 5.06. The number of hydrogen-bond acceptors (Lipinski definition) is 6. The van der Waals surface area contributed by atoms with E-state index in [1.165, 1.54) is 0 Å². The number of nitrogens with zero attached hydrogens (tertiary/aromatic N) is 4. The smallest absolute Gasteiger partial charge is 0.322 e. The summed E-state index contributed by atoms with van der Waals surface area (Å²) >= 11 is 0. The highest BCUT2D eigenvalue weighted by Crippen LogP contribution is 2.33. The number of benzene rings is 2. The fourth-order valence-electron chi connectivity index (χ4n) is 3.73. The van der Waals surface area contributed by atoms with E-state index in [9.17, 15) is 4.79 Å². The Hall–Kier alpha value is -4.14. The Morgan fingerprint density at radius 3 is 2.72 bits per heavy atom. The molecular formula is C23H22N6O3. The van der Waals surface area contributed by atoms with Crippen LogP contribution < -0.4 is 10.1 Å². The molecule has 0 saturated heterocycles. The monoisotopic (exact) mass is 430 g/mol. The maximum absolute atomic E-state index is 13.2. The van der Waals surface area contributed by atoms with Crippen LogP contribution >= 0.6 is 0 Å². The molecule has 2 aromatic heterocycles. The third-order valence-corrected chi connectivity index (χ3v) is 5.54. The summed E-state index contributed by atoms with van der Waals surface area (Å²) in [6.07, 6.45) is 2.12. The number of hydrogen-bond donors (Lipinski definition) is 2. The molecule has 1 aliphatic rings. The van der Waals surface area contributed by atoms with Crippen LogP contribution in [-0.4, -0.2) is 38.1 Å². The van der Waals surface area contributed by atoms with Gasteiger partial charge in [0, 0.05) is 17.7 Å². The predicted molar refractivity (Wildman–Crippen MR) is 117 cm³/mol. The molecule has 0 unspecified atom stereocenters. The van der Waals surface area contributed by atoms with Gasteiger partial charge in [0.2, 0.25) is 11.7 Å². The molecule has 1 atom stereocenters. The number of aromatic nitrogens is 4. The first-order valence-electron chi connectivity index (χ1n) is 10.2. The number of urea groups is 1. The lowest BCUT2D eigenvalue weighted by Gasteiger charge is -2.32. The highest BCUT2D eigenvalue weighted by molar-refractivity contribution is 5.89. The average molecular weight is 430 g/mol. The Morgan fingerprint density at radius 1 is 1.19 bits per heavy atom. The topological polar surface area (TPSA) is 109 Å². The van der Waals surface area contributed by atoms with Gasteiger partial charge >= 0.3 is 6.03 Å². The second-order valence-electron chi connectivity index (χ2n) is 7.66. The fraction of sp³-hybridized carbons (Fsp3) is 0.217. The highest BCUT2D eigenvalue weighted by atomic mass is 16.5. The van der Waals surface area contributed by atoms with Crippen molar-refractivity contribution >= 4 is 11.7 Å². The maximum atomic E-state index is 13.2. The van der Waals surface area contributed by atoms with E-state index in [2.05, 4.69) is 25.4 Å². The van der Waals surface area contributed by atoms with E-state index < -0.39 is 6.04 Å². The number of methoxy groups -OCH3 is 1. The molecule has 4 aromatic rings. The first-order valence-corrected chi connectivity index (χ1v) is 10.2. The van der Waals surface area contributed by atoms with E-state index >= 15 is 0 Å². The third kappa shape index (κ3) is 3.80. The average Bonchev–Trinajstić information content (AvgIpc) is 3.49. The number of imidazole rings is 1. The van der Waals surface area contributed by atoms with Crippen LogP contribution in [0.2, 0.25) is 0 Å². The van der Waals surface area contributed by atoms with Gasteiger partial charge in [-0.15, -0.1) is 0 Å². The summed E-state index contributed by atoms with van der Waals surface area (Å²) in [4.78, 5) is 27.0. The Bertz CT molecular complexity index is 1230. The second kappa shape index (κ2) is 8.18. The molecule has 9 heteroatoms. The summed E-state index contributed by atoms with van der Waals surface area (Å²) in [5.41, 5.74) is 4.43.